The van der Waals surface area contributed by atoms with Crippen molar-refractivity contribution in [2.45, 2.75) is 38.8 Å². The largest absolute Gasteiger partial charge is 0.369 e. The Balaban J connectivity index is 2.69. The van der Waals surface area contributed by atoms with Crippen molar-refractivity contribution in [3.63, 3.8) is 0 Å². The number of ether oxygens (including phenoxy) is 1. The lowest BCUT2D eigenvalue weighted by molar-refractivity contribution is -0.151. The Hall–Kier alpha value is -0.610. The summed E-state index contributed by atoms with van der Waals surface area (Å²) in [6, 6.07) is 0.278. The summed E-state index contributed by atoms with van der Waals surface area (Å²) < 4.78 is 5.21. The van der Waals surface area contributed by atoms with Gasteiger partial charge in [-0.15, -0.1) is 0 Å². The van der Waals surface area contributed by atoms with Gasteiger partial charge < -0.3 is 15.4 Å². The van der Waals surface area contributed by atoms with Crippen molar-refractivity contribution >= 4 is 5.91 Å². The first-order valence-electron chi connectivity index (χ1n) is 5.48. The second-order valence-corrected chi connectivity index (χ2v) is 4.86. The number of carbonyl (C=O) groups excluding carboxylic acids is 1. The number of hydrogen-bond donors (Lipinski definition) is 1. The summed E-state index contributed by atoms with van der Waals surface area (Å²) in [4.78, 5) is 14.0. The molecule has 1 heterocycles. The number of likely N-dealkylation sites (tertiary alicyclic amines) is 1. The van der Waals surface area contributed by atoms with Crippen LogP contribution >= 0.6 is 0 Å². The molecule has 2 atom stereocenters. The van der Waals surface area contributed by atoms with Crippen LogP contribution in [0.3, 0.4) is 0 Å². The highest BCUT2D eigenvalue weighted by atomic mass is 16.5. The summed E-state index contributed by atoms with van der Waals surface area (Å²) in [6.07, 6.45) is 1.00. The third-order valence-corrected chi connectivity index (χ3v) is 3.28. The minimum atomic E-state index is -0.724. The molecule has 15 heavy (non-hydrogen) atoms. The van der Waals surface area contributed by atoms with Crippen LogP contribution in [0.2, 0.25) is 0 Å². The van der Waals surface area contributed by atoms with Crippen molar-refractivity contribution in [1.82, 2.24) is 4.90 Å². The van der Waals surface area contributed by atoms with E-state index in [9.17, 15) is 4.79 Å². The highest BCUT2D eigenvalue weighted by Gasteiger charge is 2.38. The molecule has 88 valence electrons. The van der Waals surface area contributed by atoms with Gasteiger partial charge in [0, 0.05) is 19.7 Å². The van der Waals surface area contributed by atoms with Crippen LogP contribution in [0.25, 0.3) is 0 Å². The molecule has 1 fully saturated rings. The third-order valence-electron chi connectivity index (χ3n) is 3.28. The van der Waals surface area contributed by atoms with E-state index in [-0.39, 0.29) is 11.9 Å². The topological polar surface area (TPSA) is 55.6 Å². The molecule has 4 heteroatoms. The number of nitrogens with zero attached hydrogens (tertiary/aromatic N) is 1. The molecule has 2 unspecified atom stereocenters. The molecule has 0 aromatic rings. The lowest BCUT2D eigenvalue weighted by Crippen LogP contribution is -2.48. The van der Waals surface area contributed by atoms with Gasteiger partial charge in [0.1, 0.15) is 5.60 Å². The van der Waals surface area contributed by atoms with Crippen molar-refractivity contribution in [3.05, 3.63) is 0 Å². The first kappa shape index (κ1) is 12.5. The molecule has 0 aromatic heterocycles. The normalized spacial score (nSPS) is 27.1. The van der Waals surface area contributed by atoms with E-state index in [1.54, 1.807) is 21.0 Å². The monoisotopic (exact) mass is 214 g/mol. The average molecular weight is 214 g/mol. The summed E-state index contributed by atoms with van der Waals surface area (Å²) >= 11 is 0. The fourth-order valence-electron chi connectivity index (χ4n) is 2.03. The van der Waals surface area contributed by atoms with Gasteiger partial charge in [0.2, 0.25) is 0 Å². The second-order valence-electron chi connectivity index (χ2n) is 4.86. The van der Waals surface area contributed by atoms with Crippen molar-refractivity contribution in [3.8, 4) is 0 Å². The van der Waals surface area contributed by atoms with E-state index in [0.29, 0.717) is 12.5 Å². The van der Waals surface area contributed by atoms with Crippen LogP contribution in [0, 0.1) is 5.92 Å². The van der Waals surface area contributed by atoms with Gasteiger partial charge >= 0.3 is 0 Å². The summed E-state index contributed by atoms with van der Waals surface area (Å²) in [5.41, 5.74) is 4.91. The fourth-order valence-corrected chi connectivity index (χ4v) is 2.03. The van der Waals surface area contributed by atoms with Crippen molar-refractivity contribution < 1.29 is 9.53 Å². The summed E-state index contributed by atoms with van der Waals surface area (Å²) in [5.74, 6) is 0.505. The summed E-state index contributed by atoms with van der Waals surface area (Å²) in [6.45, 7) is 7.10. The standard InChI is InChI=1S/C11H22N2O2/c1-8-5-9(6-12)7-13(8)10(14)11(2,3)15-4/h8-9H,5-7,12H2,1-4H3. The first-order chi connectivity index (χ1) is 6.92. The summed E-state index contributed by atoms with van der Waals surface area (Å²) in [5, 5.41) is 0. The van der Waals surface area contributed by atoms with Crippen LogP contribution in [0.4, 0.5) is 0 Å². The highest BCUT2D eigenvalue weighted by molar-refractivity contribution is 5.84. The van der Waals surface area contributed by atoms with Gasteiger partial charge in [-0.1, -0.05) is 0 Å². The Morgan fingerprint density at radius 3 is 2.60 bits per heavy atom. The van der Waals surface area contributed by atoms with E-state index in [0.717, 1.165) is 13.0 Å². The molecule has 1 saturated heterocycles. The first-order valence-corrected chi connectivity index (χ1v) is 5.48. The van der Waals surface area contributed by atoms with Gasteiger partial charge in [-0.2, -0.15) is 0 Å². The van der Waals surface area contributed by atoms with Gasteiger partial charge in [-0.25, -0.2) is 0 Å². The van der Waals surface area contributed by atoms with Crippen LogP contribution < -0.4 is 5.73 Å². The van der Waals surface area contributed by atoms with E-state index < -0.39 is 5.60 Å². The minimum Gasteiger partial charge on any atom is -0.369 e. The van der Waals surface area contributed by atoms with E-state index in [2.05, 4.69) is 6.92 Å². The molecule has 0 radical (unpaired) electrons. The average Bonchev–Trinajstić information content (AvgIpc) is 2.58. The van der Waals surface area contributed by atoms with Crippen molar-refractivity contribution in [1.29, 1.82) is 0 Å². The molecule has 0 saturated carbocycles. The quantitative estimate of drug-likeness (QED) is 0.749. The maximum absolute atomic E-state index is 12.1. The third kappa shape index (κ3) is 2.49. The smallest absolute Gasteiger partial charge is 0.254 e. The van der Waals surface area contributed by atoms with Gasteiger partial charge in [0.15, 0.2) is 0 Å². The van der Waals surface area contributed by atoms with E-state index in [1.165, 1.54) is 0 Å². The number of nitrogens with two attached hydrogens (primary N) is 1. The predicted molar refractivity (Wildman–Crippen MR) is 59.4 cm³/mol. The zero-order chi connectivity index (χ0) is 11.6. The Morgan fingerprint density at radius 2 is 2.20 bits per heavy atom. The van der Waals surface area contributed by atoms with Crippen LogP contribution in [0.15, 0.2) is 0 Å². The lowest BCUT2D eigenvalue weighted by atomic mass is 10.1. The Labute approximate surface area is 91.8 Å². The number of rotatable bonds is 3. The van der Waals surface area contributed by atoms with Crippen LogP contribution in [0.1, 0.15) is 27.2 Å². The molecule has 1 aliphatic rings. The maximum atomic E-state index is 12.1. The van der Waals surface area contributed by atoms with Crippen molar-refractivity contribution in [2.75, 3.05) is 20.2 Å². The van der Waals surface area contributed by atoms with E-state index >= 15 is 0 Å². The minimum absolute atomic E-state index is 0.0634. The molecule has 2 N–H and O–H groups in total. The molecule has 4 nitrogen and oxygen atoms in total. The second kappa shape index (κ2) is 4.49. The molecule has 0 bridgehead atoms. The van der Waals surface area contributed by atoms with Crippen LogP contribution in [-0.2, 0) is 9.53 Å². The molecular formula is C11H22N2O2. The molecule has 0 aliphatic carbocycles. The summed E-state index contributed by atoms with van der Waals surface area (Å²) in [7, 11) is 1.57. The number of methoxy groups -OCH3 is 1. The van der Waals surface area contributed by atoms with Crippen molar-refractivity contribution in [2.24, 2.45) is 11.7 Å². The molecule has 1 aliphatic heterocycles. The van der Waals surface area contributed by atoms with E-state index in [4.69, 9.17) is 10.5 Å². The number of amides is 1. The maximum Gasteiger partial charge on any atom is 0.254 e. The molecule has 1 rings (SSSR count). The van der Waals surface area contributed by atoms with Crippen LogP contribution in [0.5, 0.6) is 0 Å². The molecule has 1 amide bonds. The predicted octanol–water partition coefficient (Wildman–Crippen LogP) is 0.607. The SMILES string of the molecule is COC(C)(C)C(=O)N1CC(CN)CC1C. The zero-order valence-electron chi connectivity index (χ0n) is 10.1. The van der Waals surface area contributed by atoms with Crippen LogP contribution in [-0.4, -0.2) is 42.6 Å². The van der Waals surface area contributed by atoms with Gasteiger partial charge in [-0.3, -0.25) is 4.79 Å². The van der Waals surface area contributed by atoms with Gasteiger partial charge in [-0.05, 0) is 39.7 Å². The molecule has 0 aromatic carbocycles. The fraction of sp³-hybridized carbons (Fsp3) is 0.909. The molecule has 0 spiro atoms. The molecular weight excluding hydrogens is 192 g/mol. The lowest BCUT2D eigenvalue weighted by Gasteiger charge is -2.30. The number of hydrogen-bond acceptors (Lipinski definition) is 3. The highest BCUT2D eigenvalue weighted by Crippen LogP contribution is 2.25. The number of carbonyl (C=O) groups is 1. The Kier molecular flexibility index (Phi) is 3.73. The van der Waals surface area contributed by atoms with E-state index in [1.807, 2.05) is 4.90 Å². The Bertz CT molecular complexity index is 241. The van der Waals surface area contributed by atoms with Gasteiger partial charge in [0.05, 0.1) is 0 Å². The zero-order valence-corrected chi connectivity index (χ0v) is 10.1. The van der Waals surface area contributed by atoms with Gasteiger partial charge in [0.25, 0.3) is 5.91 Å². The Morgan fingerprint density at radius 1 is 1.60 bits per heavy atom.